The van der Waals surface area contributed by atoms with E-state index in [0.29, 0.717) is 11.4 Å². The molecule has 0 aliphatic carbocycles. The van der Waals surface area contributed by atoms with Crippen molar-refractivity contribution in [3.8, 4) is 5.69 Å². The van der Waals surface area contributed by atoms with Gasteiger partial charge in [0.25, 0.3) is 5.56 Å². The van der Waals surface area contributed by atoms with Crippen molar-refractivity contribution in [2.45, 2.75) is 13.3 Å². The Morgan fingerprint density at radius 1 is 1.12 bits per heavy atom. The fourth-order valence-corrected chi connectivity index (χ4v) is 1.64. The van der Waals surface area contributed by atoms with Gasteiger partial charge in [-0.25, -0.2) is 4.68 Å². The second-order valence-corrected chi connectivity index (χ2v) is 3.32. The van der Waals surface area contributed by atoms with E-state index in [1.165, 1.54) is 15.4 Å². The fourth-order valence-electron chi connectivity index (χ4n) is 1.64. The molecule has 0 fully saturated rings. The van der Waals surface area contributed by atoms with E-state index in [4.69, 9.17) is 5.11 Å². The molecule has 5 nitrogen and oxygen atoms in total. The molecule has 84 valence electrons. The number of hydrogen-bond acceptors (Lipinski definition) is 3. The van der Waals surface area contributed by atoms with Crippen molar-refractivity contribution in [1.82, 2.24) is 9.36 Å². The van der Waals surface area contributed by atoms with Gasteiger partial charge in [0.1, 0.15) is 6.73 Å². The molecular weight excluding hydrogens is 208 g/mol. The van der Waals surface area contributed by atoms with Crippen LogP contribution >= 0.6 is 0 Å². The maximum Gasteiger partial charge on any atom is 0.271 e. The van der Waals surface area contributed by atoms with Gasteiger partial charge >= 0.3 is 0 Å². The first-order valence-corrected chi connectivity index (χ1v) is 4.87. The van der Waals surface area contributed by atoms with Crippen LogP contribution in [0.5, 0.6) is 0 Å². The van der Waals surface area contributed by atoms with Crippen LogP contribution in [0.4, 0.5) is 0 Å². The molecule has 2 N–H and O–H groups in total. The highest BCUT2D eigenvalue weighted by Gasteiger charge is 2.10. The lowest BCUT2D eigenvalue weighted by atomic mass is 10.3. The van der Waals surface area contributed by atoms with Crippen molar-refractivity contribution in [1.29, 1.82) is 0 Å². The van der Waals surface area contributed by atoms with Gasteiger partial charge in [0.15, 0.2) is 0 Å². The lowest BCUT2D eigenvalue weighted by Crippen LogP contribution is -2.21. The van der Waals surface area contributed by atoms with Gasteiger partial charge in [0.2, 0.25) is 0 Å². The zero-order valence-electron chi connectivity index (χ0n) is 8.58. The standard InChI is InChI=1S/C11H12N2O3/c14-7-10-6-11(16)13(12(10)8-15)9-4-2-1-3-5-9/h1-6,14-15H,7-8H2. The van der Waals surface area contributed by atoms with Crippen LogP contribution in [0.3, 0.4) is 0 Å². The van der Waals surface area contributed by atoms with Crippen LogP contribution in [0, 0.1) is 0 Å². The predicted octanol–water partition coefficient (Wildman–Crippen LogP) is 0.0811. The molecule has 0 amide bonds. The highest BCUT2D eigenvalue weighted by molar-refractivity contribution is 5.31. The number of hydrogen-bond donors (Lipinski definition) is 2. The van der Waals surface area contributed by atoms with E-state index in [0.717, 1.165) is 0 Å². The van der Waals surface area contributed by atoms with E-state index < -0.39 is 0 Å². The van der Waals surface area contributed by atoms with Crippen LogP contribution in [-0.4, -0.2) is 19.6 Å². The summed E-state index contributed by atoms with van der Waals surface area (Å²) in [5, 5.41) is 18.2. The predicted molar refractivity (Wildman–Crippen MR) is 58.2 cm³/mol. The second-order valence-electron chi connectivity index (χ2n) is 3.32. The zero-order valence-corrected chi connectivity index (χ0v) is 8.58. The molecule has 0 saturated carbocycles. The highest BCUT2D eigenvalue weighted by atomic mass is 16.3. The molecule has 0 bridgehead atoms. The molecule has 5 heteroatoms. The van der Waals surface area contributed by atoms with Crippen molar-refractivity contribution in [2.24, 2.45) is 0 Å². The molecule has 1 aromatic heterocycles. The lowest BCUT2D eigenvalue weighted by Gasteiger charge is -2.10. The molecule has 0 aliphatic rings. The first kappa shape index (κ1) is 10.7. The third kappa shape index (κ3) is 1.66. The van der Waals surface area contributed by atoms with Crippen LogP contribution in [0.2, 0.25) is 0 Å². The molecule has 0 saturated heterocycles. The lowest BCUT2D eigenvalue weighted by molar-refractivity contribution is 0.168. The van der Waals surface area contributed by atoms with Crippen molar-refractivity contribution < 1.29 is 10.2 Å². The summed E-state index contributed by atoms with van der Waals surface area (Å²) in [5.41, 5.74) is 0.766. The van der Waals surface area contributed by atoms with Crippen molar-refractivity contribution in [3.63, 3.8) is 0 Å². The minimum atomic E-state index is -0.354. The fraction of sp³-hybridized carbons (Fsp3) is 0.182. The Kier molecular flexibility index (Phi) is 2.89. The van der Waals surface area contributed by atoms with Crippen molar-refractivity contribution in [3.05, 3.63) is 52.4 Å². The number of para-hydroxylation sites is 1. The Bertz CT molecular complexity index is 528. The molecule has 0 spiro atoms. The monoisotopic (exact) mass is 220 g/mol. The first-order valence-electron chi connectivity index (χ1n) is 4.87. The van der Waals surface area contributed by atoms with Gasteiger partial charge in [-0.1, -0.05) is 18.2 Å². The molecule has 0 unspecified atom stereocenters. The van der Waals surface area contributed by atoms with Crippen LogP contribution in [0.25, 0.3) is 5.69 Å². The Labute approximate surface area is 91.8 Å². The highest BCUT2D eigenvalue weighted by Crippen LogP contribution is 2.07. The number of rotatable bonds is 3. The quantitative estimate of drug-likeness (QED) is 0.769. The molecule has 2 aromatic rings. The third-order valence-corrected chi connectivity index (χ3v) is 2.37. The largest absolute Gasteiger partial charge is 0.390 e. The SMILES string of the molecule is O=c1cc(CO)n(CO)n1-c1ccccc1. The van der Waals surface area contributed by atoms with Gasteiger partial charge in [-0.05, 0) is 12.1 Å². The maximum absolute atomic E-state index is 11.7. The molecule has 0 atom stereocenters. The molecule has 0 aliphatic heterocycles. The molecule has 1 heterocycles. The molecular formula is C11H12N2O3. The topological polar surface area (TPSA) is 67.4 Å². The number of nitrogens with zero attached hydrogens (tertiary/aromatic N) is 2. The number of aliphatic hydroxyl groups is 2. The summed E-state index contributed by atoms with van der Waals surface area (Å²) in [6, 6.07) is 10.3. The summed E-state index contributed by atoms with van der Waals surface area (Å²) in [6.07, 6.45) is 0. The first-order chi connectivity index (χ1) is 7.77. The molecule has 0 radical (unpaired) electrons. The van der Waals surface area contributed by atoms with E-state index in [2.05, 4.69) is 0 Å². The van der Waals surface area contributed by atoms with E-state index in [9.17, 15) is 9.90 Å². The summed E-state index contributed by atoms with van der Waals surface area (Å²) in [4.78, 5) is 11.7. The van der Waals surface area contributed by atoms with E-state index in [1.807, 2.05) is 6.07 Å². The van der Waals surface area contributed by atoms with Gasteiger partial charge in [0.05, 0.1) is 18.0 Å². The Morgan fingerprint density at radius 3 is 2.38 bits per heavy atom. The van der Waals surface area contributed by atoms with Gasteiger partial charge in [0, 0.05) is 6.07 Å². The third-order valence-electron chi connectivity index (χ3n) is 2.37. The zero-order chi connectivity index (χ0) is 11.5. The average molecular weight is 220 g/mol. The van der Waals surface area contributed by atoms with Crippen LogP contribution in [0.1, 0.15) is 5.69 Å². The van der Waals surface area contributed by atoms with Crippen LogP contribution < -0.4 is 5.56 Å². The van der Waals surface area contributed by atoms with Crippen molar-refractivity contribution >= 4 is 0 Å². The normalized spacial score (nSPS) is 10.6. The van der Waals surface area contributed by atoms with E-state index in [-0.39, 0.29) is 18.9 Å². The summed E-state index contributed by atoms with van der Waals surface area (Å²) in [6.45, 7) is -0.636. The summed E-state index contributed by atoms with van der Waals surface area (Å²) in [7, 11) is 0. The summed E-state index contributed by atoms with van der Waals surface area (Å²) >= 11 is 0. The minimum absolute atomic E-state index is 0.274. The van der Waals surface area contributed by atoms with Crippen LogP contribution in [-0.2, 0) is 13.3 Å². The number of aromatic nitrogens is 2. The molecule has 2 rings (SSSR count). The van der Waals surface area contributed by atoms with Gasteiger partial charge in [-0.15, -0.1) is 0 Å². The number of benzene rings is 1. The molecule has 16 heavy (non-hydrogen) atoms. The smallest absolute Gasteiger partial charge is 0.271 e. The minimum Gasteiger partial charge on any atom is -0.390 e. The van der Waals surface area contributed by atoms with Gasteiger partial charge in [-0.2, -0.15) is 0 Å². The Balaban J connectivity index is 2.65. The van der Waals surface area contributed by atoms with Crippen LogP contribution in [0.15, 0.2) is 41.2 Å². The van der Waals surface area contributed by atoms with E-state index >= 15 is 0 Å². The van der Waals surface area contributed by atoms with Crippen molar-refractivity contribution in [2.75, 3.05) is 0 Å². The van der Waals surface area contributed by atoms with Gasteiger partial charge in [-0.3, -0.25) is 9.48 Å². The summed E-state index contributed by atoms with van der Waals surface area (Å²) in [5.74, 6) is 0. The summed E-state index contributed by atoms with van der Waals surface area (Å²) < 4.78 is 2.66. The Hall–Kier alpha value is -1.85. The average Bonchev–Trinajstić information content (AvgIpc) is 2.66. The van der Waals surface area contributed by atoms with E-state index in [1.54, 1.807) is 24.3 Å². The molecule has 1 aromatic carbocycles. The maximum atomic E-state index is 11.7. The number of aliphatic hydroxyl groups excluding tert-OH is 2. The van der Waals surface area contributed by atoms with Gasteiger partial charge < -0.3 is 10.2 Å². The Morgan fingerprint density at radius 2 is 1.81 bits per heavy atom. The second kappa shape index (κ2) is 4.34.